The molecule has 0 spiro atoms. The van der Waals surface area contributed by atoms with Crippen LogP contribution in [0.4, 0.5) is 10.6 Å². The van der Waals surface area contributed by atoms with Crippen molar-refractivity contribution < 1.29 is 14.4 Å². The monoisotopic (exact) mass is 258 g/mol. The molecule has 3 heterocycles. The van der Waals surface area contributed by atoms with E-state index in [2.05, 4.69) is 10.3 Å². The van der Waals surface area contributed by atoms with Crippen LogP contribution in [-0.4, -0.2) is 34.2 Å². The lowest BCUT2D eigenvalue weighted by molar-refractivity contribution is -0.120. The molecule has 1 aliphatic heterocycles. The second-order valence-corrected chi connectivity index (χ2v) is 4.21. The van der Waals surface area contributed by atoms with E-state index in [0.29, 0.717) is 23.2 Å². The van der Waals surface area contributed by atoms with Crippen molar-refractivity contribution in [3.05, 3.63) is 30.2 Å². The van der Waals surface area contributed by atoms with Gasteiger partial charge in [0.15, 0.2) is 0 Å². The summed E-state index contributed by atoms with van der Waals surface area (Å²) in [5.41, 5.74) is 1.16. The van der Waals surface area contributed by atoms with Gasteiger partial charge in [-0.2, -0.15) is 0 Å². The fourth-order valence-electron chi connectivity index (χ4n) is 2.09. The van der Waals surface area contributed by atoms with Crippen molar-refractivity contribution in [2.24, 2.45) is 0 Å². The minimum atomic E-state index is -0.491. The molecule has 7 nitrogen and oxygen atoms in total. The fraction of sp³-hybridized carbons (Fsp3) is 0.167. The first-order valence-corrected chi connectivity index (χ1v) is 5.71. The van der Waals surface area contributed by atoms with Crippen molar-refractivity contribution >= 4 is 29.6 Å². The van der Waals surface area contributed by atoms with Gasteiger partial charge in [0, 0.05) is 18.5 Å². The van der Waals surface area contributed by atoms with Crippen molar-refractivity contribution in [1.29, 1.82) is 0 Å². The maximum atomic E-state index is 11.8. The lowest BCUT2D eigenvalue weighted by Gasteiger charge is -2.27. The lowest BCUT2D eigenvalue weighted by Crippen LogP contribution is -2.50. The zero-order valence-electron chi connectivity index (χ0n) is 9.87. The average molecular weight is 258 g/mol. The Labute approximate surface area is 107 Å². The van der Waals surface area contributed by atoms with Crippen LogP contribution in [0.2, 0.25) is 0 Å². The Morgan fingerprint density at radius 2 is 2.16 bits per heavy atom. The van der Waals surface area contributed by atoms with Gasteiger partial charge in [0.1, 0.15) is 18.4 Å². The van der Waals surface area contributed by atoms with Crippen LogP contribution in [0.25, 0.3) is 5.52 Å². The molecule has 0 bridgehead atoms. The maximum absolute atomic E-state index is 11.8. The molecule has 2 aromatic heterocycles. The lowest BCUT2D eigenvalue weighted by atomic mass is 10.2. The Balaban J connectivity index is 2.13. The normalized spacial score (nSPS) is 15.7. The Kier molecular flexibility index (Phi) is 2.52. The van der Waals surface area contributed by atoms with Crippen molar-refractivity contribution in [2.45, 2.75) is 6.42 Å². The van der Waals surface area contributed by atoms with E-state index in [4.69, 9.17) is 0 Å². The first-order valence-electron chi connectivity index (χ1n) is 5.71. The van der Waals surface area contributed by atoms with Gasteiger partial charge in [-0.1, -0.05) is 0 Å². The number of carbonyl (C=O) groups excluding carboxylic acids is 3. The third-order valence-electron chi connectivity index (χ3n) is 2.99. The van der Waals surface area contributed by atoms with Gasteiger partial charge in [0.25, 0.3) is 0 Å². The third-order valence-corrected chi connectivity index (χ3v) is 2.99. The number of carbonyl (C=O) groups is 3. The molecule has 1 saturated heterocycles. The summed E-state index contributed by atoms with van der Waals surface area (Å²) in [6, 6.07) is 2.78. The van der Waals surface area contributed by atoms with Crippen LogP contribution >= 0.6 is 0 Å². The van der Waals surface area contributed by atoms with E-state index in [-0.39, 0.29) is 18.9 Å². The minimum absolute atomic E-state index is 0.229. The van der Waals surface area contributed by atoms with Crippen LogP contribution < -0.4 is 10.2 Å². The molecule has 96 valence electrons. The molecule has 1 aliphatic rings. The minimum Gasteiger partial charge on any atom is -0.298 e. The molecule has 0 atom stereocenters. The number of aldehydes is 1. The Hall–Kier alpha value is -2.70. The number of hydrogen-bond donors (Lipinski definition) is 1. The predicted molar refractivity (Wildman–Crippen MR) is 66.1 cm³/mol. The molecule has 3 rings (SSSR count). The molecule has 0 radical (unpaired) electrons. The second-order valence-electron chi connectivity index (χ2n) is 4.21. The molecular weight excluding hydrogens is 248 g/mol. The number of fused-ring (bicyclic) bond motifs is 1. The summed E-state index contributed by atoms with van der Waals surface area (Å²) in [4.78, 5) is 39.3. The number of rotatable bonds is 2. The molecule has 19 heavy (non-hydrogen) atoms. The molecule has 1 fully saturated rings. The van der Waals surface area contributed by atoms with Crippen molar-refractivity contribution in [2.75, 3.05) is 11.4 Å². The van der Waals surface area contributed by atoms with E-state index in [1.807, 2.05) is 0 Å². The van der Waals surface area contributed by atoms with Crippen LogP contribution in [0.15, 0.2) is 24.7 Å². The standard InChI is InChI=1S/C12H10N4O3/c17-6-8-3-9-5-13-7-16(9)11(4-8)15-2-1-10(18)14-12(15)19/h3-7H,1-2H2,(H,14,18,19). The van der Waals surface area contributed by atoms with Gasteiger partial charge in [0.05, 0.1) is 11.7 Å². The van der Waals surface area contributed by atoms with Crippen molar-refractivity contribution in [3.8, 4) is 0 Å². The van der Waals surface area contributed by atoms with Gasteiger partial charge in [-0.3, -0.25) is 24.2 Å². The van der Waals surface area contributed by atoms with E-state index in [9.17, 15) is 14.4 Å². The van der Waals surface area contributed by atoms with Gasteiger partial charge >= 0.3 is 6.03 Å². The number of nitrogens with zero attached hydrogens (tertiary/aromatic N) is 3. The summed E-state index contributed by atoms with van der Waals surface area (Å²) in [7, 11) is 0. The van der Waals surface area contributed by atoms with E-state index in [1.165, 1.54) is 4.90 Å². The molecule has 0 saturated carbocycles. The Bertz CT molecular complexity index is 691. The third kappa shape index (κ3) is 1.85. The summed E-state index contributed by atoms with van der Waals surface area (Å²) in [5, 5.41) is 2.25. The smallest absolute Gasteiger partial charge is 0.298 e. The Morgan fingerprint density at radius 1 is 1.32 bits per heavy atom. The van der Waals surface area contributed by atoms with Gasteiger partial charge < -0.3 is 0 Å². The van der Waals surface area contributed by atoms with E-state index in [1.54, 1.807) is 29.1 Å². The highest BCUT2D eigenvalue weighted by Crippen LogP contribution is 2.21. The van der Waals surface area contributed by atoms with Gasteiger partial charge in [0.2, 0.25) is 5.91 Å². The van der Waals surface area contributed by atoms with E-state index in [0.717, 1.165) is 0 Å². The average Bonchev–Trinajstić information content (AvgIpc) is 2.86. The van der Waals surface area contributed by atoms with Crippen molar-refractivity contribution in [1.82, 2.24) is 14.7 Å². The SMILES string of the molecule is O=Cc1cc(N2CCC(=O)NC2=O)n2cncc2c1. The summed E-state index contributed by atoms with van der Waals surface area (Å²) in [6.45, 7) is 0.278. The number of pyridine rings is 1. The number of amides is 3. The van der Waals surface area contributed by atoms with Crippen LogP contribution in [0.5, 0.6) is 0 Å². The molecule has 1 N–H and O–H groups in total. The van der Waals surface area contributed by atoms with Gasteiger partial charge in [-0.25, -0.2) is 9.78 Å². The summed E-state index contributed by atoms with van der Waals surface area (Å²) < 4.78 is 1.70. The largest absolute Gasteiger partial charge is 0.329 e. The zero-order chi connectivity index (χ0) is 13.4. The van der Waals surface area contributed by atoms with Crippen LogP contribution in [0.1, 0.15) is 16.8 Å². The summed E-state index contributed by atoms with van der Waals surface area (Å²) >= 11 is 0. The maximum Gasteiger partial charge on any atom is 0.329 e. The molecule has 7 heteroatoms. The molecule has 3 amide bonds. The van der Waals surface area contributed by atoms with Gasteiger partial charge in [-0.05, 0) is 12.1 Å². The quantitative estimate of drug-likeness (QED) is 0.799. The molecule has 0 unspecified atom stereocenters. The number of nitrogens with one attached hydrogen (secondary N) is 1. The predicted octanol–water partition coefficient (Wildman–Crippen LogP) is 0.593. The van der Waals surface area contributed by atoms with Crippen LogP contribution in [0, 0.1) is 0 Å². The highest BCUT2D eigenvalue weighted by atomic mass is 16.2. The number of hydrogen-bond acceptors (Lipinski definition) is 4. The zero-order valence-corrected chi connectivity index (χ0v) is 9.87. The van der Waals surface area contributed by atoms with Gasteiger partial charge in [-0.15, -0.1) is 0 Å². The summed E-state index contributed by atoms with van der Waals surface area (Å²) in [5.74, 6) is 0.219. The van der Waals surface area contributed by atoms with Crippen LogP contribution in [0.3, 0.4) is 0 Å². The first-order chi connectivity index (χ1) is 9.19. The highest BCUT2D eigenvalue weighted by Gasteiger charge is 2.26. The van der Waals surface area contributed by atoms with Crippen molar-refractivity contribution in [3.63, 3.8) is 0 Å². The van der Waals surface area contributed by atoms with Crippen LogP contribution in [-0.2, 0) is 4.79 Å². The highest BCUT2D eigenvalue weighted by molar-refractivity contribution is 6.05. The topological polar surface area (TPSA) is 83.8 Å². The second kappa shape index (κ2) is 4.20. The number of imide groups is 1. The number of urea groups is 1. The number of imidazole rings is 1. The fourth-order valence-corrected chi connectivity index (χ4v) is 2.09. The molecule has 0 aliphatic carbocycles. The molecule has 2 aromatic rings. The van der Waals surface area contributed by atoms with E-state index < -0.39 is 6.03 Å². The first kappa shape index (κ1) is 11.4. The Morgan fingerprint density at radius 3 is 2.89 bits per heavy atom. The summed E-state index contributed by atoms with van der Waals surface area (Å²) in [6.07, 6.45) is 4.10. The molecular formula is C12H10N4O3. The number of anilines is 1. The molecule has 0 aromatic carbocycles. The van der Waals surface area contributed by atoms with E-state index >= 15 is 0 Å². The number of aromatic nitrogens is 2.